The van der Waals surface area contributed by atoms with E-state index < -0.39 is 0 Å². The van der Waals surface area contributed by atoms with Crippen molar-refractivity contribution in [2.24, 2.45) is 0 Å². The highest BCUT2D eigenvalue weighted by Crippen LogP contribution is 2.23. The zero-order valence-electron chi connectivity index (χ0n) is 6.67. The van der Waals surface area contributed by atoms with E-state index in [9.17, 15) is 0 Å². The summed E-state index contributed by atoms with van der Waals surface area (Å²) in [6.07, 6.45) is 2.40. The largest absolute Gasteiger partial charge is 0.214 e. The SMILES string of the molecule is CCCC(C)c1nc(Br)ns1. The second-order valence-electron chi connectivity index (χ2n) is 2.59. The monoisotopic (exact) mass is 234 g/mol. The predicted octanol–water partition coefficient (Wildman–Crippen LogP) is 3.20. The van der Waals surface area contributed by atoms with E-state index >= 15 is 0 Å². The molecule has 1 unspecified atom stereocenters. The van der Waals surface area contributed by atoms with Crippen molar-refractivity contribution in [1.82, 2.24) is 9.36 Å². The molecule has 0 amide bonds. The first kappa shape index (κ1) is 9.13. The van der Waals surface area contributed by atoms with Crippen LogP contribution in [0, 0.1) is 0 Å². The molecule has 1 atom stereocenters. The van der Waals surface area contributed by atoms with Crippen LogP contribution in [0.25, 0.3) is 0 Å². The van der Waals surface area contributed by atoms with Gasteiger partial charge in [0.15, 0.2) is 0 Å². The van der Waals surface area contributed by atoms with Crippen LogP contribution in [0.4, 0.5) is 0 Å². The highest BCUT2D eigenvalue weighted by molar-refractivity contribution is 9.10. The first-order valence-corrected chi connectivity index (χ1v) is 5.29. The maximum atomic E-state index is 4.25. The van der Waals surface area contributed by atoms with Crippen LogP contribution in [0.1, 0.15) is 37.6 Å². The van der Waals surface area contributed by atoms with E-state index in [0.29, 0.717) is 5.92 Å². The first-order valence-electron chi connectivity index (χ1n) is 3.73. The van der Waals surface area contributed by atoms with Crippen molar-refractivity contribution in [3.05, 3.63) is 9.74 Å². The van der Waals surface area contributed by atoms with Gasteiger partial charge in [-0.1, -0.05) is 20.3 Å². The zero-order chi connectivity index (χ0) is 8.27. The molecule has 2 nitrogen and oxygen atoms in total. The molecule has 0 aliphatic rings. The Labute approximate surface area is 79.3 Å². The van der Waals surface area contributed by atoms with Crippen molar-refractivity contribution in [2.75, 3.05) is 0 Å². The number of nitrogens with zero attached hydrogens (tertiary/aromatic N) is 2. The summed E-state index contributed by atoms with van der Waals surface area (Å²) in [5.74, 6) is 0.559. The molecular formula is C7H11BrN2S. The van der Waals surface area contributed by atoms with E-state index in [1.807, 2.05) is 0 Å². The molecule has 1 heterocycles. The van der Waals surface area contributed by atoms with Crippen molar-refractivity contribution >= 4 is 27.5 Å². The predicted molar refractivity (Wildman–Crippen MR) is 50.9 cm³/mol. The van der Waals surface area contributed by atoms with Crippen LogP contribution >= 0.6 is 27.5 Å². The molecule has 0 spiro atoms. The molecule has 1 aromatic rings. The Hall–Kier alpha value is 0.0400. The summed E-state index contributed by atoms with van der Waals surface area (Å²) in [6.45, 7) is 4.38. The molecule has 0 aliphatic heterocycles. The molecule has 62 valence electrons. The lowest BCUT2D eigenvalue weighted by Gasteiger charge is -2.02. The fourth-order valence-electron chi connectivity index (χ4n) is 0.973. The number of rotatable bonds is 3. The molecule has 1 rings (SSSR count). The Kier molecular flexibility index (Phi) is 3.45. The molecule has 1 aromatic heterocycles. The van der Waals surface area contributed by atoms with Gasteiger partial charge in [-0.15, -0.1) is 0 Å². The van der Waals surface area contributed by atoms with Gasteiger partial charge in [0.05, 0.1) is 0 Å². The average molecular weight is 235 g/mol. The van der Waals surface area contributed by atoms with E-state index in [1.54, 1.807) is 0 Å². The Bertz CT molecular complexity index is 224. The molecule has 0 saturated heterocycles. The van der Waals surface area contributed by atoms with Gasteiger partial charge in [-0.25, -0.2) is 4.98 Å². The minimum atomic E-state index is 0.559. The van der Waals surface area contributed by atoms with Crippen molar-refractivity contribution in [3.8, 4) is 0 Å². The maximum absolute atomic E-state index is 4.25. The Balaban J connectivity index is 2.60. The third kappa shape index (κ3) is 2.52. The number of halogens is 1. The van der Waals surface area contributed by atoms with Crippen molar-refractivity contribution < 1.29 is 0 Å². The molecule has 0 N–H and O–H groups in total. The van der Waals surface area contributed by atoms with Gasteiger partial charge in [0.1, 0.15) is 5.01 Å². The fraction of sp³-hybridized carbons (Fsp3) is 0.714. The summed E-state index contributed by atoms with van der Waals surface area (Å²) in [4.78, 5) is 4.25. The van der Waals surface area contributed by atoms with Gasteiger partial charge in [-0.05, 0) is 33.9 Å². The molecule has 4 heteroatoms. The smallest absolute Gasteiger partial charge is 0.209 e. The number of hydrogen-bond acceptors (Lipinski definition) is 3. The molecule has 0 bridgehead atoms. The standard InChI is InChI=1S/C7H11BrN2S/c1-3-4-5(2)6-9-7(8)10-11-6/h5H,3-4H2,1-2H3. The molecule has 0 aromatic carbocycles. The third-order valence-corrected chi connectivity index (χ3v) is 3.09. The van der Waals surface area contributed by atoms with Crippen LogP contribution in [0.2, 0.25) is 0 Å². The normalized spacial score (nSPS) is 13.4. The number of aromatic nitrogens is 2. The lowest BCUT2D eigenvalue weighted by atomic mass is 10.1. The van der Waals surface area contributed by atoms with E-state index in [-0.39, 0.29) is 0 Å². The van der Waals surface area contributed by atoms with Crippen LogP contribution in [-0.2, 0) is 0 Å². The summed E-state index contributed by atoms with van der Waals surface area (Å²) in [6, 6.07) is 0. The van der Waals surface area contributed by atoms with Crippen molar-refractivity contribution in [3.63, 3.8) is 0 Å². The topological polar surface area (TPSA) is 25.8 Å². The fourth-order valence-corrected chi connectivity index (χ4v) is 2.13. The third-order valence-electron chi connectivity index (χ3n) is 1.56. The average Bonchev–Trinajstić information content (AvgIpc) is 2.36. The zero-order valence-corrected chi connectivity index (χ0v) is 9.07. The van der Waals surface area contributed by atoms with Gasteiger partial charge in [0, 0.05) is 5.92 Å². The van der Waals surface area contributed by atoms with Gasteiger partial charge in [-0.3, -0.25) is 0 Å². The van der Waals surface area contributed by atoms with Gasteiger partial charge in [-0.2, -0.15) is 4.37 Å². The number of hydrogen-bond donors (Lipinski definition) is 0. The highest BCUT2D eigenvalue weighted by Gasteiger charge is 2.08. The minimum Gasteiger partial charge on any atom is -0.214 e. The quantitative estimate of drug-likeness (QED) is 0.803. The molecule has 0 saturated carbocycles. The highest BCUT2D eigenvalue weighted by atomic mass is 79.9. The lowest BCUT2D eigenvalue weighted by molar-refractivity contribution is 0.659. The van der Waals surface area contributed by atoms with Gasteiger partial charge in [0.25, 0.3) is 0 Å². The Morgan fingerprint density at radius 3 is 2.82 bits per heavy atom. The molecule has 11 heavy (non-hydrogen) atoms. The summed E-state index contributed by atoms with van der Waals surface area (Å²) >= 11 is 4.73. The maximum Gasteiger partial charge on any atom is 0.209 e. The van der Waals surface area contributed by atoms with Gasteiger partial charge >= 0.3 is 0 Å². The summed E-state index contributed by atoms with van der Waals surface area (Å²) in [5, 5.41) is 1.14. The van der Waals surface area contributed by atoms with E-state index in [2.05, 4.69) is 39.1 Å². The molecular weight excluding hydrogens is 224 g/mol. The van der Waals surface area contributed by atoms with E-state index in [1.165, 1.54) is 24.4 Å². The molecule has 0 aliphatic carbocycles. The minimum absolute atomic E-state index is 0.559. The lowest BCUT2D eigenvalue weighted by Crippen LogP contribution is -1.90. The van der Waals surface area contributed by atoms with E-state index in [0.717, 1.165) is 9.74 Å². The summed E-state index contributed by atoms with van der Waals surface area (Å²) in [7, 11) is 0. The summed E-state index contributed by atoms with van der Waals surface area (Å²) in [5.41, 5.74) is 0. The van der Waals surface area contributed by atoms with Crippen molar-refractivity contribution in [2.45, 2.75) is 32.6 Å². The summed E-state index contributed by atoms with van der Waals surface area (Å²) < 4.78 is 4.79. The van der Waals surface area contributed by atoms with Crippen LogP contribution in [0.15, 0.2) is 4.73 Å². The van der Waals surface area contributed by atoms with E-state index in [4.69, 9.17) is 0 Å². The van der Waals surface area contributed by atoms with Crippen LogP contribution in [0.3, 0.4) is 0 Å². The van der Waals surface area contributed by atoms with Crippen LogP contribution in [0.5, 0.6) is 0 Å². The Morgan fingerprint density at radius 2 is 2.36 bits per heavy atom. The van der Waals surface area contributed by atoms with Crippen LogP contribution < -0.4 is 0 Å². The molecule has 0 radical (unpaired) electrons. The second-order valence-corrected chi connectivity index (χ2v) is 4.08. The van der Waals surface area contributed by atoms with Crippen molar-refractivity contribution in [1.29, 1.82) is 0 Å². The van der Waals surface area contributed by atoms with Crippen LogP contribution in [-0.4, -0.2) is 9.36 Å². The Morgan fingerprint density at radius 1 is 1.64 bits per heavy atom. The molecule has 0 fully saturated rings. The van der Waals surface area contributed by atoms with Gasteiger partial charge in [0.2, 0.25) is 4.73 Å². The second kappa shape index (κ2) is 4.16. The first-order chi connectivity index (χ1) is 5.24. The van der Waals surface area contributed by atoms with Gasteiger partial charge < -0.3 is 0 Å².